The Hall–Kier alpha value is -3.63. The number of quaternary nitrogens is 1. The Balaban J connectivity index is 1.80. The SMILES string of the molecule is CC(C)(C)NS(=O)(=O)c1c2cccc1[C@@H]1C[N@@+](C(=O)Nc3ccccn3)(S(C)(=O)=O)C2[C@H]1c1cccc(C#N)c1. The van der Waals surface area contributed by atoms with Gasteiger partial charge in [-0.25, -0.2) is 22.9 Å². The van der Waals surface area contributed by atoms with Crippen LogP contribution in [0.15, 0.2) is 71.8 Å². The molecule has 4 bridgehead atoms. The summed E-state index contributed by atoms with van der Waals surface area (Å²) in [7, 11) is -8.33. The number of likely N-dealkylation sites (tertiary alicyclic amines) is 1. The number of amides is 2. The van der Waals surface area contributed by atoms with E-state index < -0.39 is 53.4 Å². The predicted molar refractivity (Wildman–Crippen MR) is 149 cm³/mol. The summed E-state index contributed by atoms with van der Waals surface area (Å²) in [5.74, 6) is -1.09. The van der Waals surface area contributed by atoms with Crippen LogP contribution in [0.1, 0.15) is 60.9 Å². The van der Waals surface area contributed by atoms with Crippen molar-refractivity contribution in [2.45, 2.75) is 49.1 Å². The van der Waals surface area contributed by atoms with Gasteiger partial charge in [-0.3, -0.25) is 5.32 Å². The van der Waals surface area contributed by atoms with Crippen molar-refractivity contribution >= 4 is 31.9 Å². The lowest BCUT2D eigenvalue weighted by molar-refractivity contribution is -0.740. The van der Waals surface area contributed by atoms with Gasteiger partial charge in [-0.1, -0.05) is 36.4 Å². The highest BCUT2D eigenvalue weighted by molar-refractivity contribution is 7.89. The van der Waals surface area contributed by atoms with Gasteiger partial charge >= 0.3 is 16.1 Å². The van der Waals surface area contributed by atoms with Gasteiger partial charge in [0.25, 0.3) is 0 Å². The van der Waals surface area contributed by atoms with Crippen LogP contribution in [-0.4, -0.2) is 50.1 Å². The van der Waals surface area contributed by atoms with Gasteiger partial charge in [-0.05, 0) is 56.2 Å². The lowest BCUT2D eigenvalue weighted by atomic mass is 9.73. The van der Waals surface area contributed by atoms with E-state index in [1.54, 1.807) is 81.4 Å². The minimum Gasteiger partial charge on any atom is -0.258 e. The number of carbonyl (C=O) groups excluding carboxylic acids is 1. The van der Waals surface area contributed by atoms with E-state index in [0.717, 1.165) is 6.26 Å². The minimum absolute atomic E-state index is 0.00176. The lowest BCUT2D eigenvalue weighted by Gasteiger charge is -2.38. The summed E-state index contributed by atoms with van der Waals surface area (Å²) in [6.45, 7) is 4.97. The molecule has 0 spiro atoms. The van der Waals surface area contributed by atoms with E-state index in [2.05, 4.69) is 21.1 Å². The summed E-state index contributed by atoms with van der Waals surface area (Å²) >= 11 is 0. The van der Waals surface area contributed by atoms with Crippen molar-refractivity contribution in [1.29, 1.82) is 5.26 Å². The topological polar surface area (TPSA) is 146 Å². The Bertz CT molecular complexity index is 1760. The number of nitrogens with zero attached hydrogens (tertiary/aromatic N) is 3. The third-order valence-electron chi connectivity index (χ3n) is 7.43. The van der Waals surface area contributed by atoms with Gasteiger partial charge in [0.2, 0.25) is 10.0 Å². The highest BCUT2D eigenvalue weighted by atomic mass is 32.2. The molecule has 40 heavy (non-hydrogen) atoms. The van der Waals surface area contributed by atoms with Gasteiger partial charge in [0.15, 0.2) is 0 Å². The third kappa shape index (κ3) is 4.49. The molecule has 0 radical (unpaired) electrons. The molecule has 2 aliphatic rings. The van der Waals surface area contributed by atoms with Crippen molar-refractivity contribution in [3.8, 4) is 6.07 Å². The number of benzene rings is 2. The van der Waals surface area contributed by atoms with Crippen LogP contribution in [0.3, 0.4) is 0 Å². The van der Waals surface area contributed by atoms with Crippen molar-refractivity contribution in [2.75, 3.05) is 18.1 Å². The van der Waals surface area contributed by atoms with Crippen LogP contribution in [0.4, 0.5) is 10.6 Å². The Kier molecular flexibility index (Phi) is 6.62. The van der Waals surface area contributed by atoms with E-state index in [4.69, 9.17) is 0 Å². The molecule has 0 saturated carbocycles. The number of rotatable bonds is 5. The van der Waals surface area contributed by atoms with Crippen LogP contribution >= 0.6 is 0 Å². The number of hydrogen-bond donors (Lipinski definition) is 2. The number of sulfonamides is 2. The Morgan fingerprint density at radius 3 is 2.35 bits per heavy atom. The maximum absolute atomic E-state index is 14.2. The summed E-state index contributed by atoms with van der Waals surface area (Å²) in [4.78, 5) is 18.3. The maximum Gasteiger partial charge on any atom is 0.438 e. The number of hydrogen-bond acceptors (Lipinski definition) is 7. The van der Waals surface area contributed by atoms with Crippen molar-refractivity contribution in [2.24, 2.45) is 0 Å². The number of aromatic nitrogens is 1. The van der Waals surface area contributed by atoms with Crippen molar-refractivity contribution < 1.29 is 25.5 Å². The molecule has 2 amide bonds. The molecule has 1 unspecified atom stereocenters. The monoisotopic (exact) mass is 580 g/mol. The smallest absolute Gasteiger partial charge is 0.258 e. The molecule has 10 nitrogen and oxygen atoms in total. The number of urea groups is 1. The molecule has 1 aliphatic heterocycles. The van der Waals surface area contributed by atoms with Gasteiger partial charge in [0.05, 0.1) is 28.7 Å². The predicted octanol–water partition coefficient (Wildman–Crippen LogP) is 3.97. The van der Waals surface area contributed by atoms with Crippen LogP contribution in [0.25, 0.3) is 0 Å². The van der Waals surface area contributed by atoms with Gasteiger partial charge in [0, 0.05) is 23.2 Å². The van der Waals surface area contributed by atoms with Crippen molar-refractivity contribution in [3.05, 3.63) is 89.1 Å². The van der Waals surface area contributed by atoms with E-state index in [1.807, 2.05) is 0 Å². The quantitative estimate of drug-likeness (QED) is 0.434. The van der Waals surface area contributed by atoms with Crippen molar-refractivity contribution in [3.63, 3.8) is 0 Å². The first-order valence-electron chi connectivity index (χ1n) is 12.7. The van der Waals surface area contributed by atoms with Crippen LogP contribution in [0.5, 0.6) is 0 Å². The summed E-state index contributed by atoms with van der Waals surface area (Å²) in [6.07, 6.45) is 2.48. The first-order chi connectivity index (χ1) is 18.7. The highest BCUT2D eigenvalue weighted by Crippen LogP contribution is 2.62. The zero-order valence-electron chi connectivity index (χ0n) is 22.5. The number of carbonyl (C=O) groups is 1. The van der Waals surface area contributed by atoms with Gasteiger partial charge in [0.1, 0.15) is 18.4 Å². The zero-order valence-corrected chi connectivity index (χ0v) is 24.1. The number of nitriles is 1. The molecular formula is C28H30N5O5S2+. The van der Waals surface area contributed by atoms with Gasteiger partial charge < -0.3 is 0 Å². The molecule has 2 aromatic carbocycles. The minimum atomic E-state index is -4.21. The molecule has 1 aliphatic carbocycles. The summed E-state index contributed by atoms with van der Waals surface area (Å²) in [5, 5.41) is 12.2. The van der Waals surface area contributed by atoms with E-state index in [-0.39, 0.29) is 22.8 Å². The second-order valence-electron chi connectivity index (χ2n) is 11.3. The van der Waals surface area contributed by atoms with Gasteiger partial charge in [-0.2, -0.15) is 13.7 Å². The summed E-state index contributed by atoms with van der Waals surface area (Å²) < 4.78 is 57.0. The Morgan fingerprint density at radius 2 is 1.73 bits per heavy atom. The van der Waals surface area contributed by atoms with E-state index in [1.165, 1.54) is 6.20 Å². The maximum atomic E-state index is 14.2. The molecule has 2 N–H and O–H groups in total. The zero-order chi connectivity index (χ0) is 29.1. The standard InChI is InChI=1S/C28H29N5O5S2/c1-28(2,3)32-40(37,38)26-20-11-8-12-21(26)25-24(19-10-7-9-18(15-19)16-29)22(20)17-33(25,39(4,35)36)27(34)31-23-13-5-6-14-30-23/h5-15,22,24-25,32H,17H2,1-4H3/p+1/t22-,24-,25?,33+/m0/s1. The Morgan fingerprint density at radius 1 is 1.02 bits per heavy atom. The van der Waals surface area contributed by atoms with Crippen molar-refractivity contribution in [1.82, 2.24) is 9.71 Å². The van der Waals surface area contributed by atoms with Crippen LogP contribution < -0.4 is 10.0 Å². The molecule has 1 fully saturated rings. The first-order valence-corrected chi connectivity index (χ1v) is 16.0. The molecule has 1 saturated heterocycles. The van der Waals surface area contributed by atoms with Crippen LogP contribution in [0, 0.1) is 11.3 Å². The fourth-order valence-corrected chi connectivity index (χ4v) is 9.52. The Labute approximate surface area is 234 Å². The summed E-state index contributed by atoms with van der Waals surface area (Å²) in [6, 6.07) is 16.8. The van der Waals surface area contributed by atoms with E-state index in [9.17, 15) is 26.9 Å². The van der Waals surface area contributed by atoms with Crippen LogP contribution in [-0.2, 0) is 20.0 Å². The third-order valence-corrected chi connectivity index (χ3v) is 11.0. The fourth-order valence-electron chi connectivity index (χ4n) is 6.14. The van der Waals surface area contributed by atoms with Gasteiger partial charge in [-0.15, -0.1) is 3.89 Å². The molecule has 3 aromatic rings. The molecule has 12 heteroatoms. The fraction of sp³-hybridized carbons (Fsp3) is 0.321. The van der Waals surface area contributed by atoms with Crippen LogP contribution in [0.2, 0.25) is 0 Å². The lowest BCUT2D eigenvalue weighted by Crippen LogP contribution is -2.58. The number of pyridine rings is 1. The molecule has 1 aromatic heterocycles. The molecule has 208 valence electrons. The largest absolute Gasteiger partial charge is 0.438 e. The summed E-state index contributed by atoms with van der Waals surface area (Å²) in [5.41, 5.74) is 0.899. The molecule has 4 atom stereocenters. The van der Waals surface area contributed by atoms with E-state index in [0.29, 0.717) is 16.7 Å². The second kappa shape index (κ2) is 9.49. The second-order valence-corrected chi connectivity index (χ2v) is 15.0. The molecule has 2 heterocycles. The number of fused-ring (bicyclic) bond motifs is 6. The van der Waals surface area contributed by atoms with E-state index >= 15 is 0 Å². The average molecular weight is 581 g/mol. The average Bonchev–Trinajstić information content (AvgIpc) is 3.21. The number of anilines is 1. The number of nitrogens with one attached hydrogen (secondary N) is 2. The molecular weight excluding hydrogens is 550 g/mol. The first kappa shape index (κ1) is 27.9. The highest BCUT2D eigenvalue weighted by Gasteiger charge is 2.68. The molecule has 5 rings (SSSR count). The normalized spacial score (nSPS) is 23.8.